The molecule has 5 heteroatoms. The van der Waals surface area contributed by atoms with Crippen LogP contribution in [0.3, 0.4) is 0 Å². The molecule has 2 atom stereocenters. The molecule has 0 aromatic rings. The zero-order valence-corrected chi connectivity index (χ0v) is 13.2. The van der Waals surface area contributed by atoms with E-state index in [1.165, 1.54) is 0 Å². The molecule has 0 bridgehead atoms. The van der Waals surface area contributed by atoms with E-state index in [1.54, 1.807) is 0 Å². The van der Waals surface area contributed by atoms with Gasteiger partial charge in [0.1, 0.15) is 12.7 Å². The highest BCUT2D eigenvalue weighted by atomic mass is 19.1. The number of ether oxygens (including phenoxy) is 1. The van der Waals surface area contributed by atoms with Crippen LogP contribution in [0.5, 0.6) is 0 Å². The minimum atomic E-state index is -0.306. The molecular formula is C15H29FN2O2. The second-order valence-electron chi connectivity index (χ2n) is 6.09. The number of carbonyl (C=O) groups excluding carboxylic acids is 1. The van der Waals surface area contributed by atoms with Gasteiger partial charge in [0.05, 0.1) is 6.10 Å². The maximum absolute atomic E-state index is 12.5. The first-order valence-corrected chi connectivity index (χ1v) is 7.70. The van der Waals surface area contributed by atoms with E-state index in [9.17, 15) is 9.18 Å². The smallest absolute Gasteiger partial charge is 0.323 e. The third-order valence-corrected chi connectivity index (χ3v) is 3.74. The first-order valence-electron chi connectivity index (χ1n) is 7.70. The summed E-state index contributed by atoms with van der Waals surface area (Å²) in [6, 6.07) is 0.519. The molecule has 0 radical (unpaired) electrons. The van der Waals surface area contributed by atoms with Crippen LogP contribution in [0.15, 0.2) is 0 Å². The van der Waals surface area contributed by atoms with Gasteiger partial charge in [-0.15, -0.1) is 0 Å². The monoisotopic (exact) mass is 288 g/mol. The molecule has 0 aromatic heterocycles. The van der Waals surface area contributed by atoms with Crippen molar-refractivity contribution in [3.63, 3.8) is 0 Å². The molecule has 0 aliphatic carbocycles. The SMILES string of the molecule is CC(C)OC(=O)C1CCC(CCN(CCF)C(C)C)N1. The lowest BCUT2D eigenvalue weighted by Crippen LogP contribution is -2.40. The quantitative estimate of drug-likeness (QED) is 0.695. The van der Waals surface area contributed by atoms with E-state index < -0.39 is 0 Å². The van der Waals surface area contributed by atoms with Crippen LogP contribution in [0, 0.1) is 0 Å². The van der Waals surface area contributed by atoms with Crippen molar-refractivity contribution in [1.82, 2.24) is 10.2 Å². The summed E-state index contributed by atoms with van der Waals surface area (Å²) in [5, 5.41) is 3.34. The summed E-state index contributed by atoms with van der Waals surface area (Å²) in [5.41, 5.74) is 0. The Bertz CT molecular complexity index is 298. The van der Waals surface area contributed by atoms with Crippen LogP contribution < -0.4 is 5.32 Å². The van der Waals surface area contributed by atoms with E-state index in [4.69, 9.17) is 4.74 Å². The minimum absolute atomic E-state index is 0.0654. The van der Waals surface area contributed by atoms with Gasteiger partial charge in [0, 0.05) is 18.6 Å². The predicted molar refractivity (Wildman–Crippen MR) is 78.5 cm³/mol. The molecule has 20 heavy (non-hydrogen) atoms. The van der Waals surface area contributed by atoms with E-state index >= 15 is 0 Å². The molecule has 2 unspecified atom stereocenters. The zero-order chi connectivity index (χ0) is 15.1. The van der Waals surface area contributed by atoms with Gasteiger partial charge in [0.15, 0.2) is 0 Å². The summed E-state index contributed by atoms with van der Waals surface area (Å²) in [7, 11) is 0. The second-order valence-corrected chi connectivity index (χ2v) is 6.09. The summed E-state index contributed by atoms with van der Waals surface area (Å²) in [5.74, 6) is -0.146. The fraction of sp³-hybridized carbons (Fsp3) is 0.933. The van der Waals surface area contributed by atoms with Crippen molar-refractivity contribution in [2.24, 2.45) is 0 Å². The highest BCUT2D eigenvalue weighted by Gasteiger charge is 2.30. The Morgan fingerprint density at radius 2 is 2.00 bits per heavy atom. The molecule has 1 fully saturated rings. The van der Waals surface area contributed by atoms with Gasteiger partial charge < -0.3 is 10.1 Å². The van der Waals surface area contributed by atoms with Crippen LogP contribution in [0.25, 0.3) is 0 Å². The summed E-state index contributed by atoms with van der Waals surface area (Å²) >= 11 is 0. The number of hydrogen-bond acceptors (Lipinski definition) is 4. The minimum Gasteiger partial charge on any atom is -0.462 e. The van der Waals surface area contributed by atoms with Crippen molar-refractivity contribution < 1.29 is 13.9 Å². The zero-order valence-electron chi connectivity index (χ0n) is 13.2. The molecule has 0 amide bonds. The van der Waals surface area contributed by atoms with Gasteiger partial charge in [0.25, 0.3) is 0 Å². The average Bonchev–Trinajstić information content (AvgIpc) is 2.82. The van der Waals surface area contributed by atoms with E-state index in [1.807, 2.05) is 13.8 Å². The Kier molecular flexibility index (Phi) is 7.45. The third kappa shape index (κ3) is 5.75. The Morgan fingerprint density at radius 3 is 2.55 bits per heavy atom. The van der Waals surface area contributed by atoms with E-state index in [-0.39, 0.29) is 24.8 Å². The van der Waals surface area contributed by atoms with Crippen molar-refractivity contribution >= 4 is 5.97 Å². The lowest BCUT2D eigenvalue weighted by Gasteiger charge is -2.26. The van der Waals surface area contributed by atoms with Crippen molar-refractivity contribution in [2.45, 2.75) is 71.2 Å². The summed E-state index contributed by atoms with van der Waals surface area (Å²) in [4.78, 5) is 13.9. The number of alkyl halides is 1. The first-order chi connectivity index (χ1) is 9.43. The lowest BCUT2D eigenvalue weighted by molar-refractivity contribution is -0.149. The van der Waals surface area contributed by atoms with Gasteiger partial charge in [-0.1, -0.05) is 0 Å². The fourth-order valence-corrected chi connectivity index (χ4v) is 2.61. The maximum Gasteiger partial charge on any atom is 0.323 e. The van der Waals surface area contributed by atoms with Crippen molar-refractivity contribution in [3.8, 4) is 0 Å². The van der Waals surface area contributed by atoms with E-state index in [0.29, 0.717) is 18.6 Å². The standard InChI is InChI=1S/C15H29FN2O2/c1-11(2)18(10-8-16)9-7-13-5-6-14(17-13)15(19)20-12(3)4/h11-14,17H,5-10H2,1-4H3. The van der Waals surface area contributed by atoms with Gasteiger partial charge >= 0.3 is 5.97 Å². The number of carbonyl (C=O) groups is 1. The van der Waals surface area contributed by atoms with E-state index in [0.717, 1.165) is 25.8 Å². The number of hydrogen-bond donors (Lipinski definition) is 1. The Morgan fingerprint density at radius 1 is 1.30 bits per heavy atom. The van der Waals surface area contributed by atoms with Gasteiger partial charge in [-0.2, -0.15) is 0 Å². The van der Waals surface area contributed by atoms with Crippen LogP contribution in [-0.4, -0.2) is 54.9 Å². The molecule has 1 saturated heterocycles. The highest BCUT2D eigenvalue weighted by molar-refractivity contribution is 5.76. The van der Waals surface area contributed by atoms with Gasteiger partial charge in [-0.05, 0) is 53.5 Å². The number of esters is 1. The number of rotatable bonds is 8. The summed E-state index contributed by atoms with van der Waals surface area (Å²) < 4.78 is 17.7. The topological polar surface area (TPSA) is 41.6 Å². The van der Waals surface area contributed by atoms with Crippen molar-refractivity contribution in [3.05, 3.63) is 0 Å². The molecule has 1 N–H and O–H groups in total. The van der Waals surface area contributed by atoms with Gasteiger partial charge in [-0.25, -0.2) is 4.39 Å². The maximum atomic E-state index is 12.5. The molecule has 1 aliphatic rings. The number of halogens is 1. The van der Waals surface area contributed by atoms with Crippen LogP contribution in [0.2, 0.25) is 0 Å². The molecular weight excluding hydrogens is 259 g/mol. The molecule has 0 aromatic carbocycles. The summed E-state index contributed by atoms with van der Waals surface area (Å²) in [6.45, 7) is 8.94. The number of nitrogens with one attached hydrogen (secondary N) is 1. The van der Waals surface area contributed by atoms with Crippen molar-refractivity contribution in [1.29, 1.82) is 0 Å². The normalized spacial score (nSPS) is 23.0. The van der Waals surface area contributed by atoms with Crippen LogP contribution in [0.1, 0.15) is 47.0 Å². The predicted octanol–water partition coefficient (Wildman–Crippen LogP) is 2.13. The van der Waals surface area contributed by atoms with Gasteiger partial charge in [-0.3, -0.25) is 9.69 Å². The van der Waals surface area contributed by atoms with Crippen LogP contribution in [-0.2, 0) is 9.53 Å². The van der Waals surface area contributed by atoms with Crippen LogP contribution in [0.4, 0.5) is 4.39 Å². The largest absolute Gasteiger partial charge is 0.462 e. The van der Waals surface area contributed by atoms with Gasteiger partial charge in [0.2, 0.25) is 0 Å². The third-order valence-electron chi connectivity index (χ3n) is 3.74. The average molecular weight is 288 g/mol. The molecule has 118 valence electrons. The second kappa shape index (κ2) is 8.57. The molecule has 4 nitrogen and oxygen atoms in total. The van der Waals surface area contributed by atoms with Crippen molar-refractivity contribution in [2.75, 3.05) is 19.8 Å². The molecule has 0 saturated carbocycles. The summed E-state index contributed by atoms with van der Waals surface area (Å²) in [6.07, 6.45) is 2.70. The molecule has 1 rings (SSSR count). The van der Waals surface area contributed by atoms with Crippen LogP contribution >= 0.6 is 0 Å². The first kappa shape index (κ1) is 17.4. The molecule has 1 heterocycles. The Balaban J connectivity index is 2.31. The Labute approximate surface area is 122 Å². The Hall–Kier alpha value is -0.680. The highest BCUT2D eigenvalue weighted by Crippen LogP contribution is 2.17. The fourth-order valence-electron chi connectivity index (χ4n) is 2.61. The molecule has 1 aliphatic heterocycles. The van der Waals surface area contributed by atoms with E-state index in [2.05, 4.69) is 24.1 Å². The number of nitrogens with zero attached hydrogens (tertiary/aromatic N) is 1. The lowest BCUT2D eigenvalue weighted by atomic mass is 10.1. The molecule has 0 spiro atoms.